The fraction of sp³-hybridized carbons (Fsp3) is 0.286. The number of nitrogens with zero attached hydrogens (tertiary/aromatic N) is 5. The van der Waals surface area contributed by atoms with Crippen LogP contribution in [0.15, 0.2) is 90.1 Å². The maximum absolute atomic E-state index is 15.4. The minimum Gasteiger partial charge on any atom is -0.497 e. The topological polar surface area (TPSA) is 125 Å². The molecule has 4 aromatic rings. The summed E-state index contributed by atoms with van der Waals surface area (Å²) in [5.41, 5.74) is 0.709. The molecule has 1 aromatic heterocycles. The third-order valence-corrected chi connectivity index (χ3v) is 10.4. The van der Waals surface area contributed by atoms with Crippen molar-refractivity contribution < 1.29 is 27.4 Å². The average Bonchev–Trinajstić information content (AvgIpc) is 3.21. The van der Waals surface area contributed by atoms with Crippen LogP contribution >= 0.6 is 0 Å². The molecule has 12 heteroatoms. The lowest BCUT2D eigenvalue weighted by Crippen LogP contribution is -2.56. The SMILES string of the molecule is CCOc1ccccc1C1(N2CCCN(c3ccncc3)CC2)C(=O)N(S(=O)(=O)c2ccc(OC)cc2OC)c2ccc(C#N)cc21. The highest BCUT2D eigenvalue weighted by Gasteiger charge is 2.60. The first-order chi connectivity index (χ1) is 22.8. The average molecular weight is 654 g/mol. The third kappa shape index (κ3) is 5.31. The van der Waals surface area contributed by atoms with Gasteiger partial charge in [0.05, 0.1) is 38.1 Å². The second kappa shape index (κ2) is 12.9. The van der Waals surface area contributed by atoms with Gasteiger partial charge in [-0.3, -0.25) is 14.7 Å². The molecule has 47 heavy (non-hydrogen) atoms. The molecule has 0 aliphatic carbocycles. The van der Waals surface area contributed by atoms with Crippen molar-refractivity contribution in [2.45, 2.75) is 23.8 Å². The quantitative estimate of drug-likeness (QED) is 0.254. The van der Waals surface area contributed by atoms with Crippen LogP contribution in [0.25, 0.3) is 0 Å². The van der Waals surface area contributed by atoms with Gasteiger partial charge >= 0.3 is 0 Å². The number of methoxy groups -OCH3 is 2. The predicted molar refractivity (Wildman–Crippen MR) is 176 cm³/mol. The van der Waals surface area contributed by atoms with Gasteiger partial charge in [-0.1, -0.05) is 18.2 Å². The molecular formula is C35H35N5O6S. The molecule has 1 atom stereocenters. The molecule has 0 spiro atoms. The number of hydrogen-bond acceptors (Lipinski definition) is 10. The molecule has 6 rings (SSSR count). The Balaban J connectivity index is 1.59. The van der Waals surface area contributed by atoms with Crippen molar-refractivity contribution in [3.63, 3.8) is 0 Å². The molecule has 1 fully saturated rings. The molecule has 2 aliphatic rings. The van der Waals surface area contributed by atoms with Crippen molar-refractivity contribution in [3.05, 3.63) is 102 Å². The molecule has 0 radical (unpaired) electrons. The lowest BCUT2D eigenvalue weighted by molar-refractivity contribution is -0.126. The van der Waals surface area contributed by atoms with Crippen LogP contribution in [-0.2, 0) is 20.4 Å². The van der Waals surface area contributed by atoms with Crippen molar-refractivity contribution in [3.8, 4) is 23.3 Å². The van der Waals surface area contributed by atoms with E-state index in [2.05, 4.69) is 16.0 Å². The molecule has 3 aromatic carbocycles. The number of rotatable bonds is 9. The van der Waals surface area contributed by atoms with Gasteiger partial charge in [0.1, 0.15) is 22.1 Å². The number of carbonyl (C=O) groups excluding carboxylic acids is 1. The van der Waals surface area contributed by atoms with E-state index >= 15 is 4.79 Å². The van der Waals surface area contributed by atoms with Gasteiger partial charge < -0.3 is 19.1 Å². The summed E-state index contributed by atoms with van der Waals surface area (Å²) in [6.07, 6.45) is 4.17. The van der Waals surface area contributed by atoms with Gasteiger partial charge in [0.2, 0.25) is 0 Å². The molecule has 0 N–H and O–H groups in total. The fourth-order valence-electron chi connectivity index (χ4n) is 6.62. The number of aromatic nitrogens is 1. The first-order valence-electron chi connectivity index (χ1n) is 15.3. The van der Waals surface area contributed by atoms with E-state index in [1.54, 1.807) is 30.6 Å². The van der Waals surface area contributed by atoms with Gasteiger partial charge in [-0.2, -0.15) is 5.26 Å². The van der Waals surface area contributed by atoms with Crippen molar-refractivity contribution in [1.29, 1.82) is 5.26 Å². The van der Waals surface area contributed by atoms with Crippen LogP contribution in [0, 0.1) is 11.3 Å². The van der Waals surface area contributed by atoms with Crippen LogP contribution < -0.4 is 23.4 Å². The summed E-state index contributed by atoms with van der Waals surface area (Å²) >= 11 is 0. The highest BCUT2D eigenvalue weighted by Crippen LogP contribution is 2.53. The summed E-state index contributed by atoms with van der Waals surface area (Å²) in [6.45, 7) is 4.32. The lowest BCUT2D eigenvalue weighted by Gasteiger charge is -2.40. The van der Waals surface area contributed by atoms with Gasteiger partial charge in [-0.05, 0) is 61.9 Å². The maximum atomic E-state index is 15.4. The number of amides is 1. The Morgan fingerprint density at radius 1 is 0.894 bits per heavy atom. The molecule has 1 saturated heterocycles. The van der Waals surface area contributed by atoms with Crippen molar-refractivity contribution in [2.24, 2.45) is 0 Å². The Bertz CT molecular complexity index is 1950. The normalized spacial score (nSPS) is 18.3. The smallest absolute Gasteiger partial charge is 0.274 e. The van der Waals surface area contributed by atoms with Crippen LogP contribution in [0.4, 0.5) is 11.4 Å². The Kier molecular flexibility index (Phi) is 8.77. The standard InChI is InChI=1S/C35H35N5O6S/c1-4-46-31-9-6-5-8-28(31)35(39-19-7-18-38(20-21-39)26-14-16-37-17-15-26)29-22-25(24-36)10-12-30(29)40(34(35)41)47(42,43)33-13-11-27(44-2)23-32(33)45-3/h5-6,8-17,22-23H,4,7,18-21H2,1-3H3. The zero-order valence-corrected chi connectivity index (χ0v) is 27.2. The monoisotopic (exact) mass is 653 g/mol. The van der Waals surface area contributed by atoms with E-state index in [0.717, 1.165) is 9.99 Å². The highest BCUT2D eigenvalue weighted by atomic mass is 32.2. The Morgan fingerprint density at radius 2 is 1.68 bits per heavy atom. The molecule has 242 valence electrons. The summed E-state index contributed by atoms with van der Waals surface area (Å²) in [5.74, 6) is 0.191. The molecule has 1 unspecified atom stereocenters. The zero-order chi connectivity index (χ0) is 33.2. The number of pyridine rings is 1. The third-order valence-electron chi connectivity index (χ3n) is 8.69. The van der Waals surface area contributed by atoms with E-state index in [9.17, 15) is 13.7 Å². The van der Waals surface area contributed by atoms with E-state index in [1.807, 2.05) is 36.1 Å². The second-order valence-corrected chi connectivity index (χ2v) is 12.9. The summed E-state index contributed by atoms with van der Waals surface area (Å²) in [4.78, 5) is 23.6. The molecule has 0 bridgehead atoms. The van der Waals surface area contributed by atoms with Crippen LogP contribution in [-0.4, -0.2) is 71.2 Å². The van der Waals surface area contributed by atoms with E-state index in [4.69, 9.17) is 14.2 Å². The number of benzene rings is 3. The Morgan fingerprint density at radius 3 is 2.40 bits per heavy atom. The molecular weight excluding hydrogens is 618 g/mol. The first-order valence-corrected chi connectivity index (χ1v) is 16.7. The van der Waals surface area contributed by atoms with Crippen LogP contribution in [0.5, 0.6) is 17.2 Å². The predicted octanol–water partition coefficient (Wildman–Crippen LogP) is 4.56. The van der Waals surface area contributed by atoms with Crippen LogP contribution in [0.3, 0.4) is 0 Å². The maximum Gasteiger partial charge on any atom is 0.274 e. The van der Waals surface area contributed by atoms with E-state index in [1.165, 1.54) is 44.6 Å². The summed E-state index contributed by atoms with van der Waals surface area (Å²) in [7, 11) is -1.73. The van der Waals surface area contributed by atoms with Crippen molar-refractivity contribution in [1.82, 2.24) is 9.88 Å². The summed E-state index contributed by atoms with van der Waals surface area (Å²) < 4.78 is 47.2. The molecule has 1 amide bonds. The number of hydrogen-bond donors (Lipinski definition) is 0. The molecule has 0 saturated carbocycles. The fourth-order valence-corrected chi connectivity index (χ4v) is 8.22. The minimum absolute atomic E-state index is 0.0299. The number of carbonyl (C=O) groups is 1. The number of fused-ring (bicyclic) bond motifs is 1. The largest absolute Gasteiger partial charge is 0.497 e. The van der Waals surface area contributed by atoms with Crippen molar-refractivity contribution >= 4 is 27.3 Å². The molecule has 11 nitrogen and oxygen atoms in total. The number of nitriles is 1. The molecule has 3 heterocycles. The number of sulfonamides is 1. The van der Waals surface area contributed by atoms with Gasteiger partial charge in [-0.15, -0.1) is 0 Å². The number of para-hydroxylation sites is 1. The van der Waals surface area contributed by atoms with Crippen LogP contribution in [0.1, 0.15) is 30.0 Å². The number of anilines is 2. The lowest BCUT2D eigenvalue weighted by atomic mass is 9.80. The second-order valence-electron chi connectivity index (χ2n) is 11.1. The Labute approximate surface area is 274 Å². The summed E-state index contributed by atoms with van der Waals surface area (Å²) in [6, 6.07) is 22.3. The Hall–Kier alpha value is -5.12. The first kappa shape index (κ1) is 31.8. The van der Waals surface area contributed by atoms with E-state index in [0.29, 0.717) is 67.4 Å². The van der Waals surface area contributed by atoms with E-state index in [-0.39, 0.29) is 16.3 Å². The van der Waals surface area contributed by atoms with Gasteiger partial charge in [0.15, 0.2) is 5.54 Å². The summed E-state index contributed by atoms with van der Waals surface area (Å²) in [5, 5.41) is 10.0. The van der Waals surface area contributed by atoms with Gasteiger partial charge in [-0.25, -0.2) is 12.7 Å². The van der Waals surface area contributed by atoms with Crippen LogP contribution in [0.2, 0.25) is 0 Å². The van der Waals surface area contributed by atoms with Gasteiger partial charge in [0.25, 0.3) is 15.9 Å². The zero-order valence-electron chi connectivity index (χ0n) is 26.4. The van der Waals surface area contributed by atoms with Crippen molar-refractivity contribution in [2.75, 3.05) is 56.2 Å². The minimum atomic E-state index is -4.56. The molecule has 2 aliphatic heterocycles. The van der Waals surface area contributed by atoms with E-state index < -0.39 is 21.5 Å². The highest BCUT2D eigenvalue weighted by molar-refractivity contribution is 7.93. The van der Waals surface area contributed by atoms with Gasteiger partial charge in [0, 0.05) is 61.5 Å². The number of ether oxygens (including phenoxy) is 3.